The van der Waals surface area contributed by atoms with Crippen LogP contribution >= 0.6 is 0 Å². The standard InChI is InChI=1S/C81H113N13O24/c1-8-77(113)32-43-33-80(75(111)116-6,63-48(22-26-91(34-43)41-77)47-18-13-14-19-51(47)83-63)50-30-49-57(31-60(50)115-5)90(4)73-79(49)24-27-92-25-15-23-78(9-2,72(79)92)74(81(73,114)76(112)117-7)118-71(110)59-29-46(101)36-94(59)70(109)56(40-98)88-66(105)53(37-95)85-64(103)52(20-21-61(82)102)84-69(108)62(44-16-11-10-12-17-44)89-67(106)55(39-97)86-65(104)54(38-96)87-68(107)58-28-45(100)35-93(58)42(3)99/h13-15,18-19,23,30-31,43-46,52-56,58-59,62,72-74,83,95-98,100-101,113-114H,8-12,16-17,20-22,24-29,32-41H2,1-7H3,(H2,82,102)(H,84,108)(H,85,103)(H,86,104)(H,87,107)(H,88,105)(H,89,106)/t43?,45-,46+,52-,53-,54-,55-,56-,58-,59?,62?,72?,73?,74+,77-,78+,79?,80-,81-/m0/s1. The van der Waals surface area contributed by atoms with Gasteiger partial charge in [-0.15, -0.1) is 0 Å². The number of carbonyl (C=O) groups excluding carboxylic acids is 12. The summed E-state index contributed by atoms with van der Waals surface area (Å²) in [6.07, 6.45) is 2.11. The Kier molecular flexibility index (Phi) is 26.4. The Morgan fingerprint density at radius 3 is 1.91 bits per heavy atom. The first-order chi connectivity index (χ1) is 56.2. The molecule has 9 amide bonds. The van der Waals surface area contributed by atoms with Crippen LogP contribution in [0.4, 0.5) is 5.69 Å². The van der Waals surface area contributed by atoms with E-state index in [0.29, 0.717) is 107 Å². The number of para-hydroxylation sites is 1. The van der Waals surface area contributed by atoms with Crippen LogP contribution in [0.3, 0.4) is 0 Å². The van der Waals surface area contributed by atoms with Crippen molar-refractivity contribution in [1.82, 2.24) is 56.5 Å². The maximum atomic E-state index is 15.8. The maximum Gasteiger partial charge on any atom is 0.344 e. The summed E-state index contributed by atoms with van der Waals surface area (Å²) in [5.74, 6) is -13.0. The van der Waals surface area contributed by atoms with Gasteiger partial charge in [-0.3, -0.25) is 57.7 Å². The van der Waals surface area contributed by atoms with Crippen molar-refractivity contribution in [2.45, 2.75) is 218 Å². The number of aromatic nitrogens is 1. The van der Waals surface area contributed by atoms with E-state index in [4.69, 9.17) is 24.7 Å². The number of benzene rings is 2. The molecular formula is C81H113N13O24. The number of carbonyl (C=O) groups is 12. The predicted molar refractivity (Wildman–Crippen MR) is 418 cm³/mol. The van der Waals surface area contributed by atoms with Crippen LogP contribution in [0.5, 0.6) is 5.75 Å². The molecule has 17 N–H and O–H groups in total. The van der Waals surface area contributed by atoms with Gasteiger partial charge in [0.1, 0.15) is 59.5 Å². The lowest BCUT2D eigenvalue weighted by Crippen LogP contribution is -2.81. The molecule has 2 bridgehead atoms. The Bertz CT molecular complexity index is 4390. The minimum atomic E-state index is -2.81. The quantitative estimate of drug-likeness (QED) is 0.0177. The van der Waals surface area contributed by atoms with Crippen LogP contribution in [0.25, 0.3) is 10.9 Å². The number of anilines is 1. The van der Waals surface area contributed by atoms with E-state index in [-0.39, 0.29) is 37.5 Å². The largest absolute Gasteiger partial charge is 0.496 e. The van der Waals surface area contributed by atoms with Crippen LogP contribution in [-0.2, 0) is 89.0 Å². The minimum Gasteiger partial charge on any atom is -0.496 e. The van der Waals surface area contributed by atoms with Crippen LogP contribution in [0.1, 0.15) is 133 Å². The lowest BCUT2D eigenvalue weighted by Gasteiger charge is -2.63. The van der Waals surface area contributed by atoms with Crippen molar-refractivity contribution < 1.29 is 117 Å². The number of fused-ring (bicyclic) bond motifs is 6. The van der Waals surface area contributed by atoms with E-state index in [1.165, 1.54) is 21.1 Å². The summed E-state index contributed by atoms with van der Waals surface area (Å²) in [5.41, 5.74) is 1.05. The topological polar surface area (TPSA) is 534 Å². The number of likely N-dealkylation sites (tertiary alicyclic amines) is 2. The predicted octanol–water partition coefficient (Wildman–Crippen LogP) is -4.36. The fourth-order valence-electron chi connectivity index (χ4n) is 21.2. The molecule has 646 valence electrons. The Balaban J connectivity index is 0.791. The third-order valence-corrected chi connectivity index (χ3v) is 26.6. The van der Waals surface area contributed by atoms with Crippen molar-refractivity contribution in [2.75, 3.05) is 106 Å². The molecule has 0 radical (unpaired) electrons. The zero-order chi connectivity index (χ0) is 85.4. The molecule has 2 saturated carbocycles. The Morgan fingerprint density at radius 2 is 1.29 bits per heavy atom. The van der Waals surface area contributed by atoms with Crippen molar-refractivity contribution in [2.24, 2.45) is 23.0 Å². The molecule has 37 nitrogen and oxygen atoms in total. The van der Waals surface area contributed by atoms with Crippen LogP contribution in [0.15, 0.2) is 48.6 Å². The van der Waals surface area contributed by atoms with Crippen LogP contribution < -0.4 is 47.3 Å². The first-order valence-electron chi connectivity index (χ1n) is 40.8. The highest BCUT2D eigenvalue weighted by Crippen LogP contribution is 2.68. The SMILES string of the molecule is CC[C@]1(O)CC2CN(CCc3c([nH]c4ccccc34)[C@@](C(=O)OC)(c3cc4c(cc3OC)N(C)C3C45CCN4CC=C[C@](CC)(C45)[C@@H](OC(=O)C4C[C@@H](O)CN4C(=O)[C@H](CO)NC(=O)[C@H](CO)NC(=O)[C@H](CCC(N)=O)NC(=O)C(NC(=O)[C@H](CO)NC(=O)[C@H](CO)NC(=O)[C@@H]4C[C@H](O)CN4C(C)=O)C4CCCCC4)[C@]3(O)C(=O)OC)C2)C1. The van der Waals surface area contributed by atoms with Gasteiger partial charge in [0.25, 0.3) is 0 Å². The van der Waals surface area contributed by atoms with Gasteiger partial charge < -0.3 is 117 Å². The number of piperidine rings is 1. The lowest BCUT2D eigenvalue weighted by molar-refractivity contribution is -0.231. The van der Waals surface area contributed by atoms with Gasteiger partial charge in [0, 0.05) is 123 Å². The van der Waals surface area contributed by atoms with Gasteiger partial charge in [-0.25, -0.2) is 9.59 Å². The lowest BCUT2D eigenvalue weighted by atomic mass is 9.47. The molecule has 7 unspecified atom stereocenters. The number of aromatic amines is 1. The number of hydrogen-bond acceptors (Lipinski definition) is 27. The maximum absolute atomic E-state index is 15.8. The molecule has 7 aliphatic heterocycles. The zero-order valence-corrected chi connectivity index (χ0v) is 67.6. The Hall–Kier alpha value is -9.44. The number of nitrogens with two attached hydrogens (primary N) is 1. The molecule has 20 atom stereocenters. The van der Waals surface area contributed by atoms with Gasteiger partial charge in [0.2, 0.25) is 58.8 Å². The summed E-state index contributed by atoms with van der Waals surface area (Å²) in [6.45, 7) is 2.06. The summed E-state index contributed by atoms with van der Waals surface area (Å²) in [5, 5.41) is 105. The summed E-state index contributed by atoms with van der Waals surface area (Å²) >= 11 is 0. The molecule has 9 aliphatic rings. The molecular weight excluding hydrogens is 1540 g/mol. The number of β-amino-alcohol motifs (C(OH)–C–C–N with tert-alkyl or cyclic N) is 2. The molecule has 3 aromatic rings. The summed E-state index contributed by atoms with van der Waals surface area (Å²) in [6, 6.07) is -4.25. The molecule has 118 heavy (non-hydrogen) atoms. The number of rotatable bonds is 29. The minimum absolute atomic E-state index is 0.101. The third kappa shape index (κ3) is 15.9. The Labute approximate surface area is 681 Å². The van der Waals surface area contributed by atoms with E-state index < -0.39 is 235 Å². The molecule has 4 saturated heterocycles. The fourth-order valence-corrected chi connectivity index (χ4v) is 21.2. The molecule has 1 spiro atoms. The van der Waals surface area contributed by atoms with E-state index in [0.717, 1.165) is 39.8 Å². The van der Waals surface area contributed by atoms with Gasteiger partial charge in [0.15, 0.2) is 6.10 Å². The molecule has 2 aliphatic carbocycles. The van der Waals surface area contributed by atoms with Gasteiger partial charge >= 0.3 is 17.9 Å². The first kappa shape index (κ1) is 87.9. The number of aliphatic hydroxyl groups is 8. The average molecular weight is 1650 g/mol. The molecule has 37 heteroatoms. The van der Waals surface area contributed by atoms with Crippen molar-refractivity contribution in [3.63, 3.8) is 0 Å². The van der Waals surface area contributed by atoms with Crippen molar-refractivity contribution >= 4 is 87.7 Å². The van der Waals surface area contributed by atoms with Gasteiger partial charge in [-0.1, -0.05) is 63.5 Å². The second kappa shape index (κ2) is 35.5. The van der Waals surface area contributed by atoms with E-state index in [2.05, 4.69) is 46.7 Å². The summed E-state index contributed by atoms with van der Waals surface area (Å²) < 4.78 is 24.8. The van der Waals surface area contributed by atoms with Crippen molar-refractivity contribution in [3.05, 3.63) is 70.9 Å². The highest BCUT2D eigenvalue weighted by molar-refractivity contribution is 6.00. The molecule has 2 aromatic carbocycles. The second-order valence-electron chi connectivity index (χ2n) is 33.4. The highest BCUT2D eigenvalue weighted by Gasteiger charge is 2.81. The van der Waals surface area contributed by atoms with Crippen molar-refractivity contribution in [3.8, 4) is 5.75 Å². The monoisotopic (exact) mass is 1650 g/mol. The molecule has 6 fully saturated rings. The normalized spacial score (nSPS) is 30.5. The van der Waals surface area contributed by atoms with E-state index in [9.17, 15) is 84.0 Å². The van der Waals surface area contributed by atoms with Crippen molar-refractivity contribution in [1.29, 1.82) is 0 Å². The number of hydrogen-bond donors (Lipinski definition) is 16. The van der Waals surface area contributed by atoms with Crippen LogP contribution in [0.2, 0.25) is 0 Å². The summed E-state index contributed by atoms with van der Waals surface area (Å²) in [7, 11) is 5.63. The highest BCUT2D eigenvalue weighted by atomic mass is 16.6. The van der Waals surface area contributed by atoms with Gasteiger partial charge in [0.05, 0.1) is 71.6 Å². The molecule has 1 aromatic heterocycles. The average Bonchev–Trinajstić information content (AvgIpc) is 1.46. The number of methoxy groups -OCH3 is 3. The number of primary amides is 1. The number of nitrogens with zero attached hydrogens (tertiary/aromatic N) is 5. The van der Waals surface area contributed by atoms with Gasteiger partial charge in [-0.2, -0.15) is 0 Å². The number of ether oxygens (including phenoxy) is 4. The third-order valence-electron chi connectivity index (χ3n) is 26.6. The first-order valence-corrected chi connectivity index (χ1v) is 40.8. The van der Waals surface area contributed by atoms with E-state index in [1.807, 2.05) is 56.3 Å². The number of aliphatic hydroxyl groups excluding tert-OH is 6. The summed E-state index contributed by atoms with van der Waals surface area (Å²) in [4.78, 5) is 182. The van der Waals surface area contributed by atoms with E-state index in [1.54, 1.807) is 18.0 Å². The van der Waals surface area contributed by atoms with Crippen LogP contribution in [0, 0.1) is 17.3 Å². The second-order valence-corrected chi connectivity index (χ2v) is 33.4. The smallest absolute Gasteiger partial charge is 0.344 e. The molecule has 8 heterocycles. The Morgan fingerprint density at radius 1 is 0.678 bits per heavy atom. The zero-order valence-electron chi connectivity index (χ0n) is 67.6. The van der Waals surface area contributed by atoms with Gasteiger partial charge in [-0.05, 0) is 99.4 Å². The number of likely N-dealkylation sites (N-methyl/N-ethyl adjacent to an activating group) is 1. The van der Waals surface area contributed by atoms with Crippen LogP contribution in [-0.4, -0.2) is 327 Å². The number of amides is 9. The number of esters is 3. The number of nitrogens with one attached hydrogen (secondary N) is 7. The fraction of sp³-hybridized carbons (Fsp3) is 0.654. The number of H-pyrrole nitrogens is 1. The van der Waals surface area contributed by atoms with E-state index >= 15 is 14.4 Å². The molecule has 12 rings (SSSR count).